The maximum Gasteiger partial charge on any atom is 0.296 e. The zero-order chi connectivity index (χ0) is 25.3. The van der Waals surface area contributed by atoms with Crippen LogP contribution < -0.4 is 10.9 Å². The van der Waals surface area contributed by atoms with Crippen LogP contribution >= 0.6 is 0 Å². The van der Waals surface area contributed by atoms with E-state index in [0.717, 1.165) is 4.57 Å². The number of carbonyl (C=O) groups excluding carboxylic acids is 1. The van der Waals surface area contributed by atoms with Crippen LogP contribution in [0.3, 0.4) is 0 Å². The molecule has 4 aromatic rings. The van der Waals surface area contributed by atoms with Crippen molar-refractivity contribution in [1.29, 1.82) is 5.26 Å². The molecule has 2 unspecified atom stereocenters. The first kappa shape index (κ1) is 23.4. The fourth-order valence-electron chi connectivity index (χ4n) is 4.01. The molecule has 11 nitrogen and oxygen atoms in total. The van der Waals surface area contributed by atoms with E-state index < -0.39 is 40.6 Å². The standard InChI is InChI=1S/C23H20FN7O4/c1-12(18(14-8-26-30(2)10-14)17-6-15(24)5-4-13(17)7-25)21-29-19(20(32)23(34)31(21)3)22(33)28-16-9-27-35-11-16/h4-6,8-12,18,32H,1-3H3,(H,28,33). The number of halogens is 1. The van der Waals surface area contributed by atoms with Gasteiger partial charge in [-0.05, 0) is 29.3 Å². The molecule has 178 valence electrons. The Labute approximate surface area is 198 Å². The van der Waals surface area contributed by atoms with Gasteiger partial charge in [-0.3, -0.25) is 18.8 Å². The largest absolute Gasteiger partial charge is 0.501 e. The van der Waals surface area contributed by atoms with Crippen LogP contribution in [0.4, 0.5) is 10.1 Å². The third-order valence-electron chi connectivity index (χ3n) is 5.67. The first-order valence-corrected chi connectivity index (χ1v) is 10.4. The molecular formula is C23H20FN7O4. The topological polar surface area (TPSA) is 152 Å². The summed E-state index contributed by atoms with van der Waals surface area (Å²) in [6, 6.07) is 5.89. The SMILES string of the molecule is CC(c1nc(C(=O)Nc2cnoc2)c(O)c(=O)n1C)C(c1cnn(C)c1)c1cc(F)ccc1C#N. The summed E-state index contributed by atoms with van der Waals surface area (Å²) in [5, 5.41) is 30.2. The molecular weight excluding hydrogens is 457 g/mol. The van der Waals surface area contributed by atoms with Gasteiger partial charge in [0.05, 0.1) is 24.0 Å². The lowest BCUT2D eigenvalue weighted by Gasteiger charge is -2.26. The highest BCUT2D eigenvalue weighted by Gasteiger charge is 2.31. The molecule has 3 heterocycles. The summed E-state index contributed by atoms with van der Waals surface area (Å²) in [5.74, 6) is -3.41. The van der Waals surface area contributed by atoms with Gasteiger partial charge in [0, 0.05) is 32.1 Å². The van der Waals surface area contributed by atoms with Crippen LogP contribution in [-0.4, -0.2) is 35.5 Å². The maximum atomic E-state index is 14.3. The van der Waals surface area contributed by atoms with Crippen molar-refractivity contribution in [3.63, 3.8) is 0 Å². The fourth-order valence-corrected chi connectivity index (χ4v) is 4.01. The summed E-state index contributed by atoms with van der Waals surface area (Å²) < 4.78 is 21.6. The summed E-state index contributed by atoms with van der Waals surface area (Å²) in [5.41, 5.74) is 0.105. The highest BCUT2D eigenvalue weighted by atomic mass is 19.1. The van der Waals surface area contributed by atoms with Gasteiger partial charge >= 0.3 is 0 Å². The summed E-state index contributed by atoms with van der Waals surface area (Å²) in [6.45, 7) is 1.73. The lowest BCUT2D eigenvalue weighted by molar-refractivity contribution is 0.101. The van der Waals surface area contributed by atoms with Gasteiger partial charge in [0.1, 0.15) is 23.6 Å². The molecule has 0 aliphatic heterocycles. The van der Waals surface area contributed by atoms with Crippen molar-refractivity contribution in [2.75, 3.05) is 5.32 Å². The van der Waals surface area contributed by atoms with Gasteiger partial charge in [-0.1, -0.05) is 12.1 Å². The van der Waals surface area contributed by atoms with E-state index >= 15 is 0 Å². The van der Waals surface area contributed by atoms with Crippen molar-refractivity contribution < 1.29 is 18.8 Å². The molecule has 0 fully saturated rings. The van der Waals surface area contributed by atoms with E-state index in [2.05, 4.69) is 31.1 Å². The van der Waals surface area contributed by atoms with Crippen LogP contribution in [0.25, 0.3) is 0 Å². The Balaban J connectivity index is 1.87. The van der Waals surface area contributed by atoms with Gasteiger partial charge in [0.2, 0.25) is 5.75 Å². The van der Waals surface area contributed by atoms with Crippen LogP contribution in [-0.2, 0) is 14.1 Å². The zero-order valence-electron chi connectivity index (χ0n) is 18.9. The molecule has 2 atom stereocenters. The number of nitriles is 1. The number of anilines is 1. The summed E-state index contributed by atoms with van der Waals surface area (Å²) in [4.78, 5) is 29.9. The summed E-state index contributed by atoms with van der Waals surface area (Å²) in [6.07, 6.45) is 5.70. The Morgan fingerprint density at radius 3 is 2.71 bits per heavy atom. The number of hydrogen-bond acceptors (Lipinski definition) is 8. The first-order valence-electron chi connectivity index (χ1n) is 10.4. The minimum absolute atomic E-state index is 0.130. The third kappa shape index (κ3) is 4.39. The number of hydrogen-bond donors (Lipinski definition) is 2. The molecule has 0 aliphatic carbocycles. The van der Waals surface area contributed by atoms with Crippen molar-refractivity contribution >= 4 is 11.6 Å². The normalized spacial score (nSPS) is 12.7. The number of carbonyl (C=O) groups is 1. The quantitative estimate of drug-likeness (QED) is 0.429. The second-order valence-electron chi connectivity index (χ2n) is 7.96. The fraction of sp³-hybridized carbons (Fsp3) is 0.217. The predicted octanol–water partition coefficient (Wildman–Crippen LogP) is 2.41. The minimum atomic E-state index is -0.849. The molecule has 0 spiro atoms. The Kier molecular flexibility index (Phi) is 6.16. The van der Waals surface area contributed by atoms with Gasteiger partial charge in [-0.2, -0.15) is 10.4 Å². The van der Waals surface area contributed by atoms with E-state index in [1.165, 1.54) is 37.7 Å². The number of nitrogens with zero attached hydrogens (tertiary/aromatic N) is 6. The predicted molar refractivity (Wildman–Crippen MR) is 120 cm³/mol. The van der Waals surface area contributed by atoms with Crippen molar-refractivity contribution in [3.8, 4) is 11.8 Å². The molecule has 1 amide bonds. The van der Waals surface area contributed by atoms with Crippen LogP contribution in [0.2, 0.25) is 0 Å². The van der Waals surface area contributed by atoms with Gasteiger partial charge in [0.15, 0.2) is 5.69 Å². The van der Waals surface area contributed by atoms with E-state index in [9.17, 15) is 24.3 Å². The summed E-state index contributed by atoms with van der Waals surface area (Å²) in [7, 11) is 3.11. The molecule has 0 radical (unpaired) electrons. The van der Waals surface area contributed by atoms with Crippen molar-refractivity contribution in [2.45, 2.75) is 18.8 Å². The van der Waals surface area contributed by atoms with E-state index in [1.807, 2.05) is 0 Å². The van der Waals surface area contributed by atoms with E-state index in [1.54, 1.807) is 31.0 Å². The Bertz CT molecular complexity index is 1500. The molecule has 0 aliphatic rings. The Hall–Kier alpha value is -4.79. The molecule has 0 saturated carbocycles. The highest BCUT2D eigenvalue weighted by Crippen LogP contribution is 2.39. The Morgan fingerprint density at radius 1 is 1.31 bits per heavy atom. The van der Waals surface area contributed by atoms with Crippen LogP contribution in [0.1, 0.15) is 51.8 Å². The molecule has 4 rings (SSSR count). The second kappa shape index (κ2) is 9.22. The van der Waals surface area contributed by atoms with Gasteiger partial charge in [-0.15, -0.1) is 0 Å². The van der Waals surface area contributed by atoms with Gasteiger partial charge < -0.3 is 14.9 Å². The molecule has 2 N–H and O–H groups in total. The monoisotopic (exact) mass is 477 g/mol. The molecule has 0 saturated heterocycles. The lowest BCUT2D eigenvalue weighted by Crippen LogP contribution is -2.29. The van der Waals surface area contributed by atoms with E-state index in [0.29, 0.717) is 11.1 Å². The Morgan fingerprint density at radius 2 is 2.09 bits per heavy atom. The van der Waals surface area contributed by atoms with Crippen LogP contribution in [0.5, 0.6) is 5.75 Å². The van der Waals surface area contributed by atoms with Crippen LogP contribution in [0.15, 0.2) is 52.4 Å². The van der Waals surface area contributed by atoms with Crippen molar-refractivity contribution in [3.05, 3.63) is 87.4 Å². The smallest absolute Gasteiger partial charge is 0.296 e. The maximum absolute atomic E-state index is 14.3. The number of benzene rings is 1. The molecule has 3 aromatic heterocycles. The van der Waals surface area contributed by atoms with E-state index in [4.69, 9.17) is 0 Å². The number of amides is 1. The highest BCUT2D eigenvalue weighted by molar-refractivity contribution is 6.04. The van der Waals surface area contributed by atoms with Crippen LogP contribution in [0, 0.1) is 17.1 Å². The number of nitrogens with one attached hydrogen (secondary N) is 1. The third-order valence-corrected chi connectivity index (χ3v) is 5.67. The van der Waals surface area contributed by atoms with E-state index in [-0.39, 0.29) is 17.1 Å². The first-order chi connectivity index (χ1) is 16.7. The zero-order valence-corrected chi connectivity index (χ0v) is 18.9. The van der Waals surface area contributed by atoms with Gasteiger partial charge in [0.25, 0.3) is 11.5 Å². The average molecular weight is 477 g/mol. The van der Waals surface area contributed by atoms with Gasteiger partial charge in [-0.25, -0.2) is 9.37 Å². The number of aryl methyl sites for hydroxylation is 1. The van der Waals surface area contributed by atoms with Crippen molar-refractivity contribution in [1.82, 2.24) is 24.5 Å². The molecule has 1 aromatic carbocycles. The average Bonchev–Trinajstić information content (AvgIpc) is 3.49. The molecule has 12 heteroatoms. The van der Waals surface area contributed by atoms with Crippen molar-refractivity contribution in [2.24, 2.45) is 14.1 Å². The number of rotatable bonds is 6. The lowest BCUT2D eigenvalue weighted by atomic mass is 9.80. The number of aromatic hydroxyl groups is 1. The summed E-state index contributed by atoms with van der Waals surface area (Å²) >= 11 is 0. The number of aromatic nitrogens is 5. The minimum Gasteiger partial charge on any atom is -0.501 e. The molecule has 0 bridgehead atoms. The molecule has 35 heavy (non-hydrogen) atoms. The second-order valence-corrected chi connectivity index (χ2v) is 7.96.